The predicted octanol–water partition coefficient (Wildman–Crippen LogP) is 2.15. The number of carbonyl (C=O) groups excluding carboxylic acids is 1. The van der Waals surface area contributed by atoms with Crippen molar-refractivity contribution in [3.8, 4) is 0 Å². The molecule has 20 heavy (non-hydrogen) atoms. The highest BCUT2D eigenvalue weighted by molar-refractivity contribution is 5.81. The summed E-state index contributed by atoms with van der Waals surface area (Å²) in [4.78, 5) is 14.4. The molecule has 2 fully saturated rings. The average Bonchev–Trinajstić information content (AvgIpc) is 3.01. The standard InChI is InChI=1S/C16H21NO3/c1-12-10-17(16(18)14-8-5-9-19-14)11-15(20-12)13-6-3-2-4-7-13/h2-4,6-7,12,14-15H,5,8-11H2,1H3. The van der Waals surface area contributed by atoms with Crippen LogP contribution in [0.15, 0.2) is 30.3 Å². The van der Waals surface area contributed by atoms with Gasteiger partial charge in [0.15, 0.2) is 0 Å². The first-order valence-electron chi connectivity index (χ1n) is 7.35. The fraction of sp³-hybridized carbons (Fsp3) is 0.562. The number of rotatable bonds is 2. The van der Waals surface area contributed by atoms with Crippen molar-refractivity contribution >= 4 is 5.91 Å². The SMILES string of the molecule is CC1CN(C(=O)C2CCCO2)CC(c2ccccc2)O1. The number of nitrogens with zero attached hydrogens (tertiary/aromatic N) is 1. The summed E-state index contributed by atoms with van der Waals surface area (Å²) in [6.45, 7) is 4.00. The van der Waals surface area contributed by atoms with Crippen LogP contribution in [0.2, 0.25) is 0 Å². The molecule has 108 valence electrons. The second-order valence-corrected chi connectivity index (χ2v) is 5.59. The number of ether oxygens (including phenoxy) is 2. The second kappa shape index (κ2) is 5.94. The molecule has 2 aliphatic rings. The van der Waals surface area contributed by atoms with Gasteiger partial charge in [-0.05, 0) is 25.3 Å². The summed E-state index contributed by atoms with van der Waals surface area (Å²) in [5.41, 5.74) is 1.13. The molecule has 0 saturated carbocycles. The molecule has 2 aliphatic heterocycles. The van der Waals surface area contributed by atoms with E-state index in [1.165, 1.54) is 0 Å². The highest BCUT2D eigenvalue weighted by Gasteiger charge is 2.34. The molecule has 0 aromatic heterocycles. The quantitative estimate of drug-likeness (QED) is 0.830. The van der Waals surface area contributed by atoms with E-state index >= 15 is 0 Å². The second-order valence-electron chi connectivity index (χ2n) is 5.59. The van der Waals surface area contributed by atoms with Crippen LogP contribution in [0.5, 0.6) is 0 Å². The number of amides is 1. The molecule has 0 aliphatic carbocycles. The van der Waals surface area contributed by atoms with Crippen molar-refractivity contribution in [2.45, 2.75) is 38.1 Å². The Labute approximate surface area is 119 Å². The third-order valence-corrected chi connectivity index (χ3v) is 3.95. The van der Waals surface area contributed by atoms with Crippen molar-refractivity contribution in [2.24, 2.45) is 0 Å². The van der Waals surface area contributed by atoms with Crippen LogP contribution in [0.1, 0.15) is 31.4 Å². The molecule has 0 bridgehead atoms. The van der Waals surface area contributed by atoms with Crippen LogP contribution in [-0.2, 0) is 14.3 Å². The smallest absolute Gasteiger partial charge is 0.251 e. The van der Waals surface area contributed by atoms with E-state index in [4.69, 9.17) is 9.47 Å². The Morgan fingerprint density at radius 1 is 1.25 bits per heavy atom. The summed E-state index contributed by atoms with van der Waals surface area (Å²) in [6.07, 6.45) is 1.61. The van der Waals surface area contributed by atoms with Gasteiger partial charge in [0.1, 0.15) is 12.2 Å². The number of benzene rings is 1. The van der Waals surface area contributed by atoms with Gasteiger partial charge in [-0.15, -0.1) is 0 Å². The Hall–Kier alpha value is -1.39. The molecule has 0 N–H and O–H groups in total. The van der Waals surface area contributed by atoms with E-state index in [-0.39, 0.29) is 24.2 Å². The summed E-state index contributed by atoms with van der Waals surface area (Å²) in [5, 5.41) is 0. The zero-order valence-corrected chi connectivity index (χ0v) is 11.8. The normalized spacial score (nSPS) is 30.4. The number of morpholine rings is 1. The van der Waals surface area contributed by atoms with Crippen molar-refractivity contribution in [3.05, 3.63) is 35.9 Å². The molecule has 0 radical (unpaired) electrons. The van der Waals surface area contributed by atoms with Crippen LogP contribution in [0.3, 0.4) is 0 Å². The Bertz CT molecular complexity index is 456. The maximum atomic E-state index is 12.5. The maximum absolute atomic E-state index is 12.5. The van der Waals surface area contributed by atoms with Crippen LogP contribution < -0.4 is 0 Å². The van der Waals surface area contributed by atoms with Gasteiger partial charge in [-0.3, -0.25) is 4.79 Å². The van der Waals surface area contributed by atoms with Gasteiger partial charge >= 0.3 is 0 Å². The monoisotopic (exact) mass is 275 g/mol. The molecule has 3 atom stereocenters. The Balaban J connectivity index is 1.71. The van der Waals surface area contributed by atoms with E-state index in [0.29, 0.717) is 19.7 Å². The Kier molecular flexibility index (Phi) is 4.03. The van der Waals surface area contributed by atoms with Gasteiger partial charge in [0.2, 0.25) is 0 Å². The molecule has 2 saturated heterocycles. The van der Waals surface area contributed by atoms with Gasteiger partial charge in [-0.1, -0.05) is 30.3 Å². The third-order valence-electron chi connectivity index (χ3n) is 3.95. The lowest BCUT2D eigenvalue weighted by Gasteiger charge is -2.38. The first kappa shape index (κ1) is 13.6. The van der Waals surface area contributed by atoms with E-state index in [9.17, 15) is 4.79 Å². The van der Waals surface area contributed by atoms with Crippen molar-refractivity contribution < 1.29 is 14.3 Å². The summed E-state index contributed by atoms with van der Waals surface area (Å²) < 4.78 is 11.5. The van der Waals surface area contributed by atoms with Gasteiger partial charge in [0.25, 0.3) is 5.91 Å². The molecule has 2 heterocycles. The van der Waals surface area contributed by atoms with Gasteiger partial charge in [0, 0.05) is 13.2 Å². The summed E-state index contributed by atoms with van der Waals surface area (Å²) in [6, 6.07) is 10.1. The molecule has 1 aromatic rings. The zero-order valence-electron chi connectivity index (χ0n) is 11.8. The van der Waals surface area contributed by atoms with Gasteiger partial charge in [0.05, 0.1) is 12.6 Å². The van der Waals surface area contributed by atoms with E-state index < -0.39 is 0 Å². The fourth-order valence-electron chi connectivity index (χ4n) is 2.96. The first-order chi connectivity index (χ1) is 9.74. The van der Waals surface area contributed by atoms with Crippen molar-refractivity contribution in [1.29, 1.82) is 0 Å². The number of hydrogen-bond acceptors (Lipinski definition) is 3. The van der Waals surface area contributed by atoms with Crippen molar-refractivity contribution in [1.82, 2.24) is 4.90 Å². The lowest BCUT2D eigenvalue weighted by molar-refractivity contribution is -0.154. The molecule has 4 heteroatoms. The highest BCUT2D eigenvalue weighted by Crippen LogP contribution is 2.26. The molecule has 3 unspecified atom stereocenters. The first-order valence-corrected chi connectivity index (χ1v) is 7.35. The lowest BCUT2D eigenvalue weighted by Crippen LogP contribution is -2.49. The summed E-state index contributed by atoms with van der Waals surface area (Å²) >= 11 is 0. The van der Waals surface area contributed by atoms with Gasteiger partial charge in [-0.25, -0.2) is 0 Å². The Morgan fingerprint density at radius 2 is 2.05 bits per heavy atom. The van der Waals surface area contributed by atoms with E-state index in [1.54, 1.807) is 0 Å². The number of carbonyl (C=O) groups is 1. The van der Waals surface area contributed by atoms with E-state index in [0.717, 1.165) is 18.4 Å². The van der Waals surface area contributed by atoms with Crippen molar-refractivity contribution in [2.75, 3.05) is 19.7 Å². The topological polar surface area (TPSA) is 38.8 Å². The van der Waals surface area contributed by atoms with Gasteiger partial charge in [-0.2, -0.15) is 0 Å². The van der Waals surface area contributed by atoms with Crippen LogP contribution >= 0.6 is 0 Å². The molecule has 0 spiro atoms. The van der Waals surface area contributed by atoms with Crippen LogP contribution in [-0.4, -0.2) is 42.7 Å². The van der Waals surface area contributed by atoms with E-state index in [2.05, 4.69) is 12.1 Å². The minimum absolute atomic E-state index is 0.0368. The highest BCUT2D eigenvalue weighted by atomic mass is 16.5. The maximum Gasteiger partial charge on any atom is 0.251 e. The molecular formula is C16H21NO3. The van der Waals surface area contributed by atoms with Crippen LogP contribution in [0.4, 0.5) is 0 Å². The zero-order chi connectivity index (χ0) is 13.9. The molecule has 1 aromatic carbocycles. The molecule has 1 amide bonds. The lowest BCUT2D eigenvalue weighted by atomic mass is 10.1. The summed E-state index contributed by atoms with van der Waals surface area (Å²) in [7, 11) is 0. The fourth-order valence-corrected chi connectivity index (χ4v) is 2.96. The molecule has 3 rings (SSSR count). The number of hydrogen-bond donors (Lipinski definition) is 0. The van der Waals surface area contributed by atoms with Crippen molar-refractivity contribution in [3.63, 3.8) is 0 Å². The minimum atomic E-state index is -0.239. The van der Waals surface area contributed by atoms with Crippen LogP contribution in [0.25, 0.3) is 0 Å². The van der Waals surface area contributed by atoms with Gasteiger partial charge < -0.3 is 14.4 Å². The largest absolute Gasteiger partial charge is 0.368 e. The predicted molar refractivity (Wildman–Crippen MR) is 75.3 cm³/mol. The van der Waals surface area contributed by atoms with Crippen LogP contribution in [0, 0.1) is 0 Å². The Morgan fingerprint density at radius 3 is 2.75 bits per heavy atom. The molecule has 4 nitrogen and oxygen atoms in total. The third kappa shape index (κ3) is 2.86. The molecular weight excluding hydrogens is 254 g/mol. The minimum Gasteiger partial charge on any atom is -0.368 e. The summed E-state index contributed by atoms with van der Waals surface area (Å²) in [5.74, 6) is 0.124. The van der Waals surface area contributed by atoms with E-state index in [1.807, 2.05) is 30.0 Å². The average molecular weight is 275 g/mol.